The zero-order valence-electron chi connectivity index (χ0n) is 10.9. The molecule has 0 radical (unpaired) electrons. The van der Waals surface area contributed by atoms with Gasteiger partial charge in [-0.25, -0.2) is 4.98 Å². The van der Waals surface area contributed by atoms with Gasteiger partial charge in [-0.1, -0.05) is 13.0 Å². The van der Waals surface area contributed by atoms with Crippen LogP contribution in [0.2, 0.25) is 0 Å². The third kappa shape index (κ3) is 5.41. The number of nitrogens with zero attached hydrogens (tertiary/aromatic N) is 1. The average Bonchev–Trinajstić information content (AvgIpc) is 2.37. The molecular formula is C13H22N2OS. The molecular weight excluding hydrogens is 232 g/mol. The standard InChI is InChI=1S/C13H22N2OS/c1-4-17-9-7-11(2)15-10-12-6-5-8-14-13(12)16-3/h5-6,8,11,15H,4,7,9-10H2,1-3H3. The Morgan fingerprint density at radius 1 is 1.53 bits per heavy atom. The van der Waals surface area contributed by atoms with E-state index in [0.29, 0.717) is 6.04 Å². The molecule has 1 unspecified atom stereocenters. The average molecular weight is 254 g/mol. The smallest absolute Gasteiger partial charge is 0.217 e. The van der Waals surface area contributed by atoms with Crippen molar-refractivity contribution in [3.63, 3.8) is 0 Å². The fraction of sp³-hybridized carbons (Fsp3) is 0.615. The highest BCUT2D eigenvalue weighted by atomic mass is 32.2. The number of thioether (sulfide) groups is 1. The van der Waals surface area contributed by atoms with Crippen molar-refractivity contribution in [2.24, 2.45) is 0 Å². The maximum absolute atomic E-state index is 5.22. The molecule has 96 valence electrons. The van der Waals surface area contributed by atoms with Gasteiger partial charge in [0.15, 0.2) is 0 Å². The maximum atomic E-state index is 5.22. The predicted molar refractivity (Wildman–Crippen MR) is 74.7 cm³/mol. The van der Waals surface area contributed by atoms with E-state index in [2.05, 4.69) is 24.1 Å². The summed E-state index contributed by atoms with van der Waals surface area (Å²) in [5, 5.41) is 3.50. The maximum Gasteiger partial charge on any atom is 0.217 e. The first-order valence-corrected chi connectivity index (χ1v) is 7.22. The van der Waals surface area contributed by atoms with Gasteiger partial charge < -0.3 is 10.1 Å². The Bertz CT molecular complexity index is 320. The van der Waals surface area contributed by atoms with Crippen molar-refractivity contribution >= 4 is 11.8 Å². The number of pyridine rings is 1. The van der Waals surface area contributed by atoms with Crippen LogP contribution in [0.3, 0.4) is 0 Å². The second-order valence-corrected chi connectivity index (χ2v) is 5.33. The highest BCUT2D eigenvalue weighted by Crippen LogP contribution is 2.13. The molecule has 3 nitrogen and oxygen atoms in total. The van der Waals surface area contributed by atoms with E-state index < -0.39 is 0 Å². The lowest BCUT2D eigenvalue weighted by Crippen LogP contribution is -2.26. The van der Waals surface area contributed by atoms with E-state index in [-0.39, 0.29) is 0 Å². The third-order valence-electron chi connectivity index (χ3n) is 2.58. The van der Waals surface area contributed by atoms with Gasteiger partial charge in [-0.15, -0.1) is 0 Å². The molecule has 0 aromatic carbocycles. The molecule has 0 aliphatic carbocycles. The van der Waals surface area contributed by atoms with Crippen LogP contribution in [-0.2, 0) is 6.54 Å². The highest BCUT2D eigenvalue weighted by Gasteiger charge is 2.05. The lowest BCUT2D eigenvalue weighted by atomic mass is 10.2. The van der Waals surface area contributed by atoms with Gasteiger partial charge in [0.1, 0.15) is 0 Å². The minimum Gasteiger partial charge on any atom is -0.481 e. The van der Waals surface area contributed by atoms with E-state index in [4.69, 9.17) is 4.74 Å². The summed E-state index contributed by atoms with van der Waals surface area (Å²) in [5.41, 5.74) is 1.12. The summed E-state index contributed by atoms with van der Waals surface area (Å²) in [7, 11) is 1.66. The van der Waals surface area contributed by atoms with Gasteiger partial charge in [0, 0.05) is 24.3 Å². The number of rotatable bonds is 8. The summed E-state index contributed by atoms with van der Waals surface area (Å²) in [4.78, 5) is 4.18. The fourth-order valence-corrected chi connectivity index (χ4v) is 2.34. The molecule has 1 aromatic heterocycles. The molecule has 0 amide bonds. The van der Waals surface area contributed by atoms with Gasteiger partial charge in [-0.2, -0.15) is 11.8 Å². The van der Waals surface area contributed by atoms with Crippen molar-refractivity contribution < 1.29 is 4.74 Å². The van der Waals surface area contributed by atoms with Crippen molar-refractivity contribution in [1.82, 2.24) is 10.3 Å². The SMILES string of the molecule is CCSCCC(C)NCc1cccnc1OC. The molecule has 0 spiro atoms. The van der Waals surface area contributed by atoms with Gasteiger partial charge in [0.25, 0.3) is 0 Å². The summed E-state index contributed by atoms with van der Waals surface area (Å²) < 4.78 is 5.22. The molecule has 17 heavy (non-hydrogen) atoms. The van der Waals surface area contributed by atoms with Gasteiger partial charge in [0.05, 0.1) is 7.11 Å². The zero-order chi connectivity index (χ0) is 12.5. The summed E-state index contributed by atoms with van der Waals surface area (Å²) >= 11 is 1.99. The lowest BCUT2D eigenvalue weighted by Gasteiger charge is -2.14. The van der Waals surface area contributed by atoms with Crippen LogP contribution in [0, 0.1) is 0 Å². The molecule has 0 fully saturated rings. The van der Waals surface area contributed by atoms with E-state index in [1.807, 2.05) is 23.9 Å². The molecule has 0 saturated heterocycles. The lowest BCUT2D eigenvalue weighted by molar-refractivity contribution is 0.388. The van der Waals surface area contributed by atoms with Crippen LogP contribution in [0.15, 0.2) is 18.3 Å². The quantitative estimate of drug-likeness (QED) is 0.723. The zero-order valence-corrected chi connectivity index (χ0v) is 11.7. The predicted octanol–water partition coefficient (Wildman–Crippen LogP) is 2.71. The Morgan fingerprint density at radius 2 is 2.35 bits per heavy atom. The van der Waals surface area contributed by atoms with E-state index in [1.165, 1.54) is 17.9 Å². The third-order valence-corrected chi connectivity index (χ3v) is 3.52. The van der Waals surface area contributed by atoms with Gasteiger partial charge >= 0.3 is 0 Å². The monoisotopic (exact) mass is 254 g/mol. The molecule has 0 aliphatic heterocycles. The van der Waals surface area contributed by atoms with Crippen LogP contribution in [0.5, 0.6) is 5.88 Å². The van der Waals surface area contributed by atoms with E-state index in [1.54, 1.807) is 13.3 Å². The van der Waals surface area contributed by atoms with Crippen LogP contribution in [0.1, 0.15) is 25.8 Å². The molecule has 1 atom stereocenters. The second-order valence-electron chi connectivity index (χ2n) is 3.94. The fourth-order valence-electron chi connectivity index (χ4n) is 1.53. The van der Waals surface area contributed by atoms with Crippen LogP contribution in [0.25, 0.3) is 0 Å². The summed E-state index contributed by atoms with van der Waals surface area (Å²) in [6.45, 7) is 5.23. The van der Waals surface area contributed by atoms with Crippen molar-refractivity contribution in [2.75, 3.05) is 18.6 Å². The number of hydrogen-bond acceptors (Lipinski definition) is 4. The van der Waals surface area contributed by atoms with Crippen LogP contribution < -0.4 is 10.1 Å². The Labute approximate surface area is 108 Å². The number of methoxy groups -OCH3 is 1. The van der Waals surface area contributed by atoms with Crippen molar-refractivity contribution in [2.45, 2.75) is 32.9 Å². The van der Waals surface area contributed by atoms with E-state index in [0.717, 1.165) is 18.0 Å². The van der Waals surface area contributed by atoms with Gasteiger partial charge in [-0.3, -0.25) is 0 Å². The topological polar surface area (TPSA) is 34.2 Å². The molecule has 0 aliphatic rings. The van der Waals surface area contributed by atoms with E-state index in [9.17, 15) is 0 Å². The Hall–Kier alpha value is -0.740. The molecule has 1 heterocycles. The molecule has 4 heteroatoms. The first-order chi connectivity index (χ1) is 8.27. The highest BCUT2D eigenvalue weighted by molar-refractivity contribution is 7.99. The molecule has 0 bridgehead atoms. The van der Waals surface area contributed by atoms with Gasteiger partial charge in [-0.05, 0) is 30.9 Å². The number of ether oxygens (including phenoxy) is 1. The van der Waals surface area contributed by atoms with E-state index >= 15 is 0 Å². The molecule has 1 rings (SSSR count). The van der Waals surface area contributed by atoms with Crippen LogP contribution >= 0.6 is 11.8 Å². The Kier molecular flexibility index (Phi) is 7.05. The number of nitrogens with one attached hydrogen (secondary N) is 1. The minimum atomic E-state index is 0.527. The Balaban J connectivity index is 2.33. The largest absolute Gasteiger partial charge is 0.481 e. The van der Waals surface area contributed by atoms with Crippen LogP contribution in [0.4, 0.5) is 0 Å². The summed E-state index contributed by atoms with van der Waals surface area (Å²) in [6.07, 6.45) is 2.95. The van der Waals surface area contributed by atoms with Gasteiger partial charge in [0.2, 0.25) is 5.88 Å². The minimum absolute atomic E-state index is 0.527. The molecule has 1 aromatic rings. The second kappa shape index (κ2) is 8.37. The Morgan fingerprint density at radius 3 is 3.06 bits per heavy atom. The molecule has 1 N–H and O–H groups in total. The van der Waals surface area contributed by atoms with Crippen molar-refractivity contribution in [1.29, 1.82) is 0 Å². The number of hydrogen-bond donors (Lipinski definition) is 1. The summed E-state index contributed by atoms with van der Waals surface area (Å²) in [6, 6.07) is 4.52. The van der Waals surface area contributed by atoms with Crippen molar-refractivity contribution in [3.05, 3.63) is 23.9 Å². The summed E-state index contributed by atoms with van der Waals surface area (Å²) in [5.74, 6) is 3.13. The number of aromatic nitrogens is 1. The van der Waals surface area contributed by atoms with Crippen LogP contribution in [-0.4, -0.2) is 29.6 Å². The molecule has 0 saturated carbocycles. The first kappa shape index (κ1) is 14.3. The first-order valence-electron chi connectivity index (χ1n) is 6.07. The normalized spacial score (nSPS) is 12.4. The van der Waals surface area contributed by atoms with Crippen molar-refractivity contribution in [3.8, 4) is 5.88 Å².